The highest BCUT2D eigenvalue weighted by atomic mass is 19.4. The molecule has 1 aliphatic rings. The van der Waals surface area contributed by atoms with Crippen LogP contribution in [0.2, 0.25) is 0 Å². The zero-order valence-corrected chi connectivity index (χ0v) is 11.7. The van der Waals surface area contributed by atoms with Crippen LogP contribution in [0.15, 0.2) is 12.3 Å². The first-order valence-electron chi connectivity index (χ1n) is 6.86. The average Bonchev–Trinajstić information content (AvgIpc) is 2.38. The van der Waals surface area contributed by atoms with Gasteiger partial charge in [0.25, 0.3) is 0 Å². The molecule has 1 aromatic heterocycles. The minimum Gasteiger partial charge on any atom is -0.396 e. The largest absolute Gasteiger partial charge is 0.433 e. The van der Waals surface area contributed by atoms with E-state index in [1.165, 1.54) is 0 Å². The molecule has 2 rings (SSSR count). The molecule has 0 saturated carbocycles. The van der Waals surface area contributed by atoms with Crippen LogP contribution in [-0.4, -0.2) is 18.1 Å². The number of hydrogen-bond donors (Lipinski definition) is 1. The molecule has 0 amide bonds. The molecular weight excluding hydrogens is 267 g/mol. The fourth-order valence-corrected chi connectivity index (χ4v) is 2.69. The van der Waals surface area contributed by atoms with Gasteiger partial charge in [-0.3, -0.25) is 0 Å². The number of piperidine rings is 1. The summed E-state index contributed by atoms with van der Waals surface area (Å²) in [5.74, 6) is 1.24. The second-order valence-corrected chi connectivity index (χ2v) is 5.69. The van der Waals surface area contributed by atoms with Crippen molar-refractivity contribution in [3.8, 4) is 0 Å². The third-order valence-corrected chi connectivity index (χ3v) is 4.03. The molecule has 112 valence electrons. The number of pyridine rings is 1. The Morgan fingerprint density at radius 2 is 1.90 bits per heavy atom. The Balaban J connectivity index is 2.17. The number of nitrogen functional groups attached to an aromatic ring is 1. The number of aromatic nitrogens is 1. The molecule has 2 heterocycles. The molecular formula is C14H20F3N3. The van der Waals surface area contributed by atoms with E-state index >= 15 is 0 Å². The van der Waals surface area contributed by atoms with Gasteiger partial charge in [-0.05, 0) is 30.7 Å². The van der Waals surface area contributed by atoms with Gasteiger partial charge in [0.05, 0.1) is 17.6 Å². The van der Waals surface area contributed by atoms with Crippen LogP contribution in [0.4, 0.5) is 24.5 Å². The fraction of sp³-hybridized carbons (Fsp3) is 0.643. The maximum Gasteiger partial charge on any atom is 0.433 e. The summed E-state index contributed by atoms with van der Waals surface area (Å²) in [5.41, 5.74) is 5.66. The van der Waals surface area contributed by atoms with Crippen molar-refractivity contribution in [1.29, 1.82) is 0 Å². The van der Waals surface area contributed by atoms with Crippen LogP contribution in [0.1, 0.15) is 32.4 Å². The number of anilines is 2. The zero-order valence-electron chi connectivity index (χ0n) is 11.7. The van der Waals surface area contributed by atoms with E-state index in [1.54, 1.807) is 0 Å². The normalized spacial score (nSPS) is 17.8. The molecule has 1 aromatic rings. The summed E-state index contributed by atoms with van der Waals surface area (Å²) < 4.78 is 38.1. The molecule has 0 unspecified atom stereocenters. The second kappa shape index (κ2) is 5.50. The van der Waals surface area contributed by atoms with Gasteiger partial charge in [0.15, 0.2) is 0 Å². The van der Waals surface area contributed by atoms with Crippen molar-refractivity contribution in [2.24, 2.45) is 11.8 Å². The highest BCUT2D eigenvalue weighted by Gasteiger charge is 2.34. The molecule has 2 N–H and O–H groups in total. The molecule has 0 bridgehead atoms. The predicted octanol–water partition coefficient (Wildman–Crippen LogP) is 3.56. The van der Waals surface area contributed by atoms with Gasteiger partial charge in [0, 0.05) is 13.1 Å². The molecule has 0 aromatic carbocycles. The lowest BCUT2D eigenvalue weighted by Crippen LogP contribution is -2.35. The Kier molecular flexibility index (Phi) is 4.11. The number of nitrogens with two attached hydrogens (primary N) is 1. The Morgan fingerprint density at radius 3 is 2.40 bits per heavy atom. The Bertz CT molecular complexity index is 463. The van der Waals surface area contributed by atoms with Crippen molar-refractivity contribution in [3.05, 3.63) is 18.0 Å². The molecule has 0 spiro atoms. The first-order valence-corrected chi connectivity index (χ1v) is 6.86. The first kappa shape index (κ1) is 14.9. The maximum atomic E-state index is 12.7. The molecule has 1 aliphatic heterocycles. The highest BCUT2D eigenvalue weighted by molar-refractivity contribution is 5.67. The van der Waals surface area contributed by atoms with Crippen molar-refractivity contribution in [1.82, 2.24) is 4.98 Å². The molecule has 0 radical (unpaired) electrons. The van der Waals surface area contributed by atoms with Gasteiger partial charge < -0.3 is 10.6 Å². The SMILES string of the molecule is CC(C)C1CCN(c2cc(C(F)(F)F)ncc2N)CC1. The summed E-state index contributed by atoms with van der Waals surface area (Å²) in [6.45, 7) is 5.86. The van der Waals surface area contributed by atoms with Crippen LogP contribution >= 0.6 is 0 Å². The van der Waals surface area contributed by atoms with Gasteiger partial charge in [-0.1, -0.05) is 13.8 Å². The number of hydrogen-bond acceptors (Lipinski definition) is 3. The van der Waals surface area contributed by atoms with Crippen LogP contribution in [0, 0.1) is 11.8 Å². The smallest absolute Gasteiger partial charge is 0.396 e. The van der Waals surface area contributed by atoms with E-state index < -0.39 is 11.9 Å². The van der Waals surface area contributed by atoms with E-state index in [2.05, 4.69) is 18.8 Å². The third-order valence-electron chi connectivity index (χ3n) is 4.03. The van der Waals surface area contributed by atoms with Gasteiger partial charge >= 0.3 is 6.18 Å². The molecule has 1 saturated heterocycles. The molecule has 20 heavy (non-hydrogen) atoms. The van der Waals surface area contributed by atoms with Crippen LogP contribution in [-0.2, 0) is 6.18 Å². The van der Waals surface area contributed by atoms with Crippen molar-refractivity contribution in [2.75, 3.05) is 23.7 Å². The second-order valence-electron chi connectivity index (χ2n) is 5.69. The van der Waals surface area contributed by atoms with E-state index in [4.69, 9.17) is 5.73 Å². The zero-order chi connectivity index (χ0) is 14.9. The fourth-order valence-electron chi connectivity index (χ4n) is 2.69. The van der Waals surface area contributed by atoms with Crippen LogP contribution in [0.5, 0.6) is 0 Å². The van der Waals surface area contributed by atoms with E-state index in [0.717, 1.165) is 38.2 Å². The maximum absolute atomic E-state index is 12.7. The monoisotopic (exact) mass is 287 g/mol. The lowest BCUT2D eigenvalue weighted by molar-refractivity contribution is -0.141. The van der Waals surface area contributed by atoms with Gasteiger partial charge in [-0.25, -0.2) is 4.98 Å². The van der Waals surface area contributed by atoms with Crippen LogP contribution in [0.3, 0.4) is 0 Å². The summed E-state index contributed by atoms with van der Waals surface area (Å²) in [6.07, 6.45) is -1.35. The summed E-state index contributed by atoms with van der Waals surface area (Å²) in [5, 5.41) is 0. The standard InChI is InChI=1S/C14H20F3N3/c1-9(2)10-3-5-20(6-4-10)12-7-13(14(15,16)17)19-8-11(12)18/h7-10H,3-6,18H2,1-2H3. The van der Waals surface area contributed by atoms with Crippen molar-refractivity contribution in [3.63, 3.8) is 0 Å². The van der Waals surface area contributed by atoms with Crippen molar-refractivity contribution < 1.29 is 13.2 Å². The summed E-state index contributed by atoms with van der Waals surface area (Å²) >= 11 is 0. The van der Waals surface area contributed by atoms with E-state index in [1.807, 2.05) is 4.90 Å². The predicted molar refractivity (Wildman–Crippen MR) is 73.4 cm³/mol. The number of alkyl halides is 3. The quantitative estimate of drug-likeness (QED) is 0.904. The average molecular weight is 287 g/mol. The van der Waals surface area contributed by atoms with Crippen LogP contribution < -0.4 is 10.6 Å². The van der Waals surface area contributed by atoms with E-state index in [9.17, 15) is 13.2 Å². The highest BCUT2D eigenvalue weighted by Crippen LogP contribution is 2.35. The number of rotatable bonds is 2. The molecule has 3 nitrogen and oxygen atoms in total. The van der Waals surface area contributed by atoms with E-state index in [-0.39, 0.29) is 0 Å². The molecule has 1 fully saturated rings. The lowest BCUT2D eigenvalue weighted by atomic mass is 9.86. The lowest BCUT2D eigenvalue weighted by Gasteiger charge is -2.36. The van der Waals surface area contributed by atoms with Crippen molar-refractivity contribution >= 4 is 11.4 Å². The molecule has 6 heteroatoms. The van der Waals surface area contributed by atoms with Gasteiger partial charge in [-0.2, -0.15) is 13.2 Å². The first-order chi connectivity index (χ1) is 9.29. The Labute approximate surface area is 117 Å². The van der Waals surface area contributed by atoms with Crippen molar-refractivity contribution in [2.45, 2.75) is 32.9 Å². The Morgan fingerprint density at radius 1 is 1.30 bits per heavy atom. The van der Waals surface area contributed by atoms with Gasteiger partial charge in [-0.15, -0.1) is 0 Å². The third kappa shape index (κ3) is 3.16. The number of nitrogens with zero attached hydrogens (tertiary/aromatic N) is 2. The summed E-state index contributed by atoms with van der Waals surface area (Å²) in [6, 6.07) is 1.06. The van der Waals surface area contributed by atoms with E-state index in [0.29, 0.717) is 23.2 Å². The summed E-state index contributed by atoms with van der Waals surface area (Å²) in [7, 11) is 0. The molecule has 0 atom stereocenters. The minimum atomic E-state index is -4.43. The van der Waals surface area contributed by atoms with Crippen LogP contribution in [0.25, 0.3) is 0 Å². The number of halogens is 3. The van der Waals surface area contributed by atoms with Gasteiger partial charge in [0.1, 0.15) is 5.69 Å². The van der Waals surface area contributed by atoms with Gasteiger partial charge in [0.2, 0.25) is 0 Å². The topological polar surface area (TPSA) is 42.2 Å². The molecule has 0 aliphatic carbocycles. The summed E-state index contributed by atoms with van der Waals surface area (Å²) in [4.78, 5) is 5.31. The minimum absolute atomic E-state index is 0.306. The Hall–Kier alpha value is -1.46.